The van der Waals surface area contributed by atoms with Gasteiger partial charge in [-0.3, -0.25) is 0 Å². The van der Waals surface area contributed by atoms with E-state index in [1.165, 1.54) is 0 Å². The van der Waals surface area contributed by atoms with Crippen molar-refractivity contribution >= 4 is 21.6 Å². The maximum Gasteiger partial charge on any atom is 0.129 e. The normalized spacial score (nSPS) is 24.1. The number of aromatic nitrogens is 1. The van der Waals surface area contributed by atoms with Crippen LogP contribution in [0, 0.1) is 0 Å². The number of halogens is 1. The van der Waals surface area contributed by atoms with E-state index in [-0.39, 0.29) is 5.60 Å². The Morgan fingerprint density at radius 3 is 3.06 bits per heavy atom. The zero-order valence-corrected chi connectivity index (χ0v) is 11.3. The summed E-state index contributed by atoms with van der Waals surface area (Å²) in [7, 11) is 0. The topological polar surface area (TPSA) is 34.2 Å². The fourth-order valence-corrected chi connectivity index (χ4v) is 2.43. The molecule has 1 atom stereocenters. The number of hydrogen-bond acceptors (Lipinski definition) is 3. The quantitative estimate of drug-likeness (QED) is 0.847. The zero-order chi connectivity index (χ0) is 11.6. The highest BCUT2D eigenvalue weighted by Gasteiger charge is 2.28. The second-order valence-corrected chi connectivity index (χ2v) is 5.54. The highest BCUT2D eigenvalue weighted by molar-refractivity contribution is 9.10. The summed E-state index contributed by atoms with van der Waals surface area (Å²) in [6.07, 6.45) is 3.85. The van der Waals surface area contributed by atoms with E-state index in [0.717, 1.165) is 29.7 Å². The highest BCUT2D eigenvalue weighted by atomic mass is 79.9. The second kappa shape index (κ2) is 4.72. The van der Waals surface area contributed by atoms with Crippen LogP contribution in [0.4, 0.5) is 5.69 Å². The minimum Gasteiger partial charge on any atom is -0.380 e. The molecule has 0 amide bonds. The second-order valence-electron chi connectivity index (χ2n) is 4.78. The average molecular weight is 285 g/mol. The summed E-state index contributed by atoms with van der Waals surface area (Å²) in [4.78, 5) is 4.20. The minimum absolute atomic E-state index is 0.0232. The van der Waals surface area contributed by atoms with Crippen molar-refractivity contribution < 1.29 is 4.74 Å². The van der Waals surface area contributed by atoms with E-state index in [4.69, 9.17) is 4.74 Å². The molecular formula is C12H17BrN2O. The van der Waals surface area contributed by atoms with E-state index in [1.807, 2.05) is 12.1 Å². The van der Waals surface area contributed by atoms with Crippen LogP contribution in [0.15, 0.2) is 22.9 Å². The molecule has 2 heterocycles. The van der Waals surface area contributed by atoms with Crippen molar-refractivity contribution in [2.75, 3.05) is 11.9 Å². The van der Waals surface area contributed by atoms with Crippen LogP contribution in [-0.2, 0) is 4.74 Å². The van der Waals surface area contributed by atoms with E-state index < -0.39 is 0 Å². The first kappa shape index (κ1) is 11.9. The third-order valence-electron chi connectivity index (χ3n) is 2.82. The predicted molar refractivity (Wildman–Crippen MR) is 68.6 cm³/mol. The number of nitrogens with zero attached hydrogens (tertiary/aromatic N) is 1. The Labute approximate surface area is 105 Å². The van der Waals surface area contributed by atoms with Gasteiger partial charge in [0.1, 0.15) is 4.60 Å². The van der Waals surface area contributed by atoms with Gasteiger partial charge in [-0.2, -0.15) is 0 Å². The Morgan fingerprint density at radius 2 is 2.38 bits per heavy atom. The van der Waals surface area contributed by atoms with Gasteiger partial charge in [0.05, 0.1) is 11.3 Å². The monoisotopic (exact) mass is 284 g/mol. The number of rotatable bonds is 2. The van der Waals surface area contributed by atoms with Crippen molar-refractivity contribution in [3.8, 4) is 0 Å². The molecule has 1 aliphatic rings. The van der Waals surface area contributed by atoms with Crippen LogP contribution in [0.5, 0.6) is 0 Å². The summed E-state index contributed by atoms with van der Waals surface area (Å²) in [6.45, 7) is 5.10. The van der Waals surface area contributed by atoms with Gasteiger partial charge in [-0.25, -0.2) is 4.98 Å². The van der Waals surface area contributed by atoms with E-state index >= 15 is 0 Å². The third-order valence-corrected chi connectivity index (χ3v) is 3.45. The lowest BCUT2D eigenvalue weighted by atomic mass is 9.94. The molecule has 3 nitrogen and oxygen atoms in total. The van der Waals surface area contributed by atoms with E-state index in [9.17, 15) is 0 Å². The zero-order valence-electron chi connectivity index (χ0n) is 9.66. The molecule has 0 radical (unpaired) electrons. The molecule has 4 heteroatoms. The summed E-state index contributed by atoms with van der Waals surface area (Å²) in [5, 5.41) is 3.52. The molecule has 0 bridgehead atoms. The molecular weight excluding hydrogens is 268 g/mol. The number of anilines is 1. The Kier molecular flexibility index (Phi) is 3.50. The Morgan fingerprint density at radius 1 is 1.56 bits per heavy atom. The molecule has 1 aliphatic heterocycles. The highest BCUT2D eigenvalue weighted by Crippen LogP contribution is 2.28. The molecule has 1 aromatic rings. The molecule has 16 heavy (non-hydrogen) atoms. The summed E-state index contributed by atoms with van der Waals surface area (Å²) >= 11 is 3.45. The smallest absolute Gasteiger partial charge is 0.129 e. The molecule has 1 saturated heterocycles. The van der Waals surface area contributed by atoms with Crippen molar-refractivity contribution in [2.24, 2.45) is 0 Å². The fourth-order valence-electron chi connectivity index (χ4n) is 2.07. The van der Waals surface area contributed by atoms with Gasteiger partial charge >= 0.3 is 0 Å². The van der Waals surface area contributed by atoms with Crippen molar-refractivity contribution in [1.29, 1.82) is 0 Å². The lowest BCUT2D eigenvalue weighted by Crippen LogP contribution is -2.40. The maximum atomic E-state index is 5.70. The molecule has 88 valence electrons. The molecule has 2 rings (SSSR count). The Hall–Kier alpha value is -0.610. The van der Waals surface area contributed by atoms with Crippen molar-refractivity contribution in [3.63, 3.8) is 0 Å². The van der Waals surface area contributed by atoms with Crippen LogP contribution in [0.1, 0.15) is 26.7 Å². The summed E-state index contributed by atoms with van der Waals surface area (Å²) in [6, 6.07) is 4.45. The first-order valence-corrected chi connectivity index (χ1v) is 6.37. The van der Waals surface area contributed by atoms with Gasteiger partial charge in [-0.05, 0) is 54.8 Å². The van der Waals surface area contributed by atoms with Crippen LogP contribution in [-0.4, -0.2) is 23.2 Å². The van der Waals surface area contributed by atoms with Gasteiger partial charge in [-0.1, -0.05) is 0 Å². The van der Waals surface area contributed by atoms with Gasteiger partial charge in [-0.15, -0.1) is 0 Å². The van der Waals surface area contributed by atoms with E-state index in [2.05, 4.69) is 40.1 Å². The van der Waals surface area contributed by atoms with Crippen LogP contribution >= 0.6 is 15.9 Å². The summed E-state index contributed by atoms with van der Waals surface area (Å²) in [5.41, 5.74) is 1.04. The van der Waals surface area contributed by atoms with Crippen molar-refractivity contribution in [1.82, 2.24) is 4.98 Å². The Balaban J connectivity index is 2.02. The standard InChI is InChI=1S/C12H17BrN2O/c1-12(2)8-9(5-7-16-12)15-10-4-3-6-14-11(10)13/h3-4,6,9,15H,5,7-8H2,1-2H3. The lowest BCUT2D eigenvalue weighted by molar-refractivity contribution is -0.0553. The van der Waals surface area contributed by atoms with Gasteiger partial charge in [0.2, 0.25) is 0 Å². The van der Waals surface area contributed by atoms with Crippen LogP contribution < -0.4 is 5.32 Å². The molecule has 0 spiro atoms. The molecule has 0 saturated carbocycles. The van der Waals surface area contributed by atoms with Gasteiger partial charge < -0.3 is 10.1 Å². The average Bonchev–Trinajstić information content (AvgIpc) is 2.20. The van der Waals surface area contributed by atoms with Crippen LogP contribution in [0.2, 0.25) is 0 Å². The maximum absolute atomic E-state index is 5.70. The van der Waals surface area contributed by atoms with Gasteiger partial charge in [0, 0.05) is 18.8 Å². The predicted octanol–water partition coefficient (Wildman–Crippen LogP) is 3.21. The lowest BCUT2D eigenvalue weighted by Gasteiger charge is -2.36. The van der Waals surface area contributed by atoms with E-state index in [1.54, 1.807) is 6.20 Å². The summed E-state index contributed by atoms with van der Waals surface area (Å²) < 4.78 is 6.57. The fraction of sp³-hybridized carbons (Fsp3) is 0.583. The molecule has 0 aliphatic carbocycles. The van der Waals surface area contributed by atoms with Gasteiger partial charge in [0.25, 0.3) is 0 Å². The number of hydrogen-bond donors (Lipinski definition) is 1. The SMILES string of the molecule is CC1(C)CC(Nc2cccnc2Br)CCO1. The summed E-state index contributed by atoms with van der Waals surface area (Å²) in [5.74, 6) is 0. The molecule has 0 aromatic carbocycles. The van der Waals surface area contributed by atoms with Crippen molar-refractivity contribution in [2.45, 2.75) is 38.3 Å². The van der Waals surface area contributed by atoms with Crippen LogP contribution in [0.3, 0.4) is 0 Å². The molecule has 1 fully saturated rings. The first-order valence-electron chi connectivity index (χ1n) is 5.58. The van der Waals surface area contributed by atoms with Crippen LogP contribution in [0.25, 0.3) is 0 Å². The first-order chi connectivity index (χ1) is 7.57. The van der Waals surface area contributed by atoms with Gasteiger partial charge in [0.15, 0.2) is 0 Å². The molecule has 1 aromatic heterocycles. The largest absolute Gasteiger partial charge is 0.380 e. The molecule has 1 unspecified atom stereocenters. The molecule has 1 N–H and O–H groups in total. The number of ether oxygens (including phenoxy) is 1. The minimum atomic E-state index is -0.0232. The van der Waals surface area contributed by atoms with Crippen molar-refractivity contribution in [3.05, 3.63) is 22.9 Å². The number of pyridine rings is 1. The van der Waals surface area contributed by atoms with E-state index in [0.29, 0.717) is 6.04 Å². The third kappa shape index (κ3) is 2.95. The number of nitrogens with one attached hydrogen (secondary N) is 1. The Bertz CT molecular complexity index is 368.